The Balaban J connectivity index is 1.82. The van der Waals surface area contributed by atoms with Crippen molar-refractivity contribution >= 4 is 17.8 Å². The third-order valence-electron chi connectivity index (χ3n) is 4.68. The Bertz CT molecular complexity index is 729. The molecule has 110 valence electrons. The summed E-state index contributed by atoms with van der Waals surface area (Å²) in [4.78, 5) is 14.8. The molecule has 4 rings (SSSR count). The topological polar surface area (TPSA) is 44.7 Å². The van der Waals surface area contributed by atoms with Crippen LogP contribution in [0.4, 0.5) is 5.69 Å². The monoisotopic (exact) mass is 291 g/mol. The number of benzene rings is 2. The summed E-state index contributed by atoms with van der Waals surface area (Å²) >= 11 is 0. The summed E-state index contributed by atoms with van der Waals surface area (Å²) in [6.07, 6.45) is 1.83. The fourth-order valence-corrected chi connectivity index (χ4v) is 3.50. The van der Waals surface area contributed by atoms with E-state index in [4.69, 9.17) is 0 Å². The number of hydrogen-bond acceptors (Lipinski definition) is 3. The van der Waals surface area contributed by atoms with Gasteiger partial charge in [0.15, 0.2) is 5.54 Å². The fourth-order valence-electron chi connectivity index (χ4n) is 3.50. The molecule has 2 aromatic carbocycles. The second kappa shape index (κ2) is 4.70. The quantitative estimate of drug-likeness (QED) is 0.865. The maximum atomic E-state index is 13.0. The third kappa shape index (κ3) is 1.58. The first-order chi connectivity index (χ1) is 10.7. The Kier molecular flexibility index (Phi) is 2.79. The van der Waals surface area contributed by atoms with E-state index in [1.165, 1.54) is 0 Å². The number of amides is 1. The minimum absolute atomic E-state index is 0.0545. The van der Waals surface area contributed by atoms with Crippen molar-refractivity contribution in [3.8, 4) is 0 Å². The summed E-state index contributed by atoms with van der Waals surface area (Å²) in [5, 5.41) is 4.17. The van der Waals surface area contributed by atoms with Crippen molar-refractivity contribution in [1.82, 2.24) is 5.43 Å². The van der Waals surface area contributed by atoms with Crippen LogP contribution in [0.2, 0.25) is 0 Å². The number of carbonyl (C=O) groups excluding carboxylic acids is 1. The van der Waals surface area contributed by atoms with E-state index in [2.05, 4.69) is 22.7 Å². The summed E-state index contributed by atoms with van der Waals surface area (Å²) in [7, 11) is 0. The summed E-state index contributed by atoms with van der Waals surface area (Å²) in [5.74, 6) is 0.141. The van der Waals surface area contributed by atoms with Crippen molar-refractivity contribution in [2.75, 3.05) is 4.90 Å². The predicted molar refractivity (Wildman–Crippen MR) is 86.6 cm³/mol. The van der Waals surface area contributed by atoms with Crippen LogP contribution in [0, 0.1) is 5.92 Å². The SMILES string of the molecule is CC1C=NN[C@]12C(=O)N(c1ccccc1)[C@@H]2c1ccccc1. The van der Waals surface area contributed by atoms with E-state index in [0.717, 1.165) is 11.3 Å². The largest absolute Gasteiger partial charge is 0.300 e. The molecule has 4 heteroatoms. The van der Waals surface area contributed by atoms with Gasteiger partial charge in [-0.2, -0.15) is 5.10 Å². The molecule has 2 aliphatic heterocycles. The molecular formula is C18H17N3O. The van der Waals surface area contributed by atoms with Gasteiger partial charge in [0.25, 0.3) is 5.91 Å². The molecule has 0 bridgehead atoms. The normalized spacial score (nSPS) is 29.5. The average molecular weight is 291 g/mol. The first-order valence-corrected chi connectivity index (χ1v) is 7.49. The van der Waals surface area contributed by atoms with Gasteiger partial charge in [0.2, 0.25) is 0 Å². The molecule has 1 spiro atoms. The minimum Gasteiger partial charge on any atom is -0.300 e. The molecule has 3 atom stereocenters. The molecule has 0 aliphatic carbocycles. The number of nitrogens with zero attached hydrogens (tertiary/aromatic N) is 2. The Morgan fingerprint density at radius 2 is 1.68 bits per heavy atom. The van der Waals surface area contributed by atoms with Crippen molar-refractivity contribution in [3.63, 3.8) is 0 Å². The lowest BCUT2D eigenvalue weighted by Gasteiger charge is -2.55. The lowest BCUT2D eigenvalue weighted by Crippen LogP contribution is -2.75. The molecule has 0 saturated carbocycles. The zero-order chi connectivity index (χ0) is 15.2. The van der Waals surface area contributed by atoms with Gasteiger partial charge in [0.05, 0.1) is 6.04 Å². The van der Waals surface area contributed by atoms with E-state index in [9.17, 15) is 4.79 Å². The van der Waals surface area contributed by atoms with Crippen LogP contribution in [0.25, 0.3) is 0 Å². The molecule has 1 saturated heterocycles. The number of anilines is 1. The average Bonchev–Trinajstić information content (AvgIpc) is 2.97. The molecule has 4 nitrogen and oxygen atoms in total. The highest BCUT2D eigenvalue weighted by molar-refractivity contribution is 6.11. The van der Waals surface area contributed by atoms with E-state index in [-0.39, 0.29) is 17.9 Å². The van der Waals surface area contributed by atoms with Crippen LogP contribution in [-0.2, 0) is 4.79 Å². The van der Waals surface area contributed by atoms with E-state index < -0.39 is 5.54 Å². The standard InChI is InChI=1S/C18H17N3O/c1-13-12-19-20-18(13)16(14-8-4-2-5-9-14)21(17(18)22)15-10-6-3-7-11-15/h2-13,16,20H,1H3/t13?,16-,18-/m1/s1. The predicted octanol–water partition coefficient (Wildman–Crippen LogP) is 2.74. The number of carbonyl (C=O) groups is 1. The van der Waals surface area contributed by atoms with Gasteiger partial charge in [0.1, 0.15) is 0 Å². The highest BCUT2D eigenvalue weighted by Gasteiger charge is 2.66. The smallest absolute Gasteiger partial charge is 0.258 e. The first-order valence-electron chi connectivity index (χ1n) is 7.49. The number of hydrazone groups is 1. The van der Waals surface area contributed by atoms with Crippen LogP contribution in [0.15, 0.2) is 65.8 Å². The number of hydrogen-bond donors (Lipinski definition) is 1. The molecule has 2 aromatic rings. The second-order valence-electron chi connectivity index (χ2n) is 5.87. The number of para-hydroxylation sites is 1. The number of β-lactam (4-membered cyclic amide) rings is 1. The zero-order valence-electron chi connectivity index (χ0n) is 12.3. The van der Waals surface area contributed by atoms with Gasteiger partial charge >= 0.3 is 0 Å². The zero-order valence-corrected chi connectivity index (χ0v) is 12.3. The number of rotatable bonds is 2. The molecule has 2 heterocycles. The lowest BCUT2D eigenvalue weighted by molar-refractivity contribution is -0.135. The first kappa shape index (κ1) is 13.1. The second-order valence-corrected chi connectivity index (χ2v) is 5.87. The van der Waals surface area contributed by atoms with Crippen LogP contribution >= 0.6 is 0 Å². The van der Waals surface area contributed by atoms with Gasteiger partial charge < -0.3 is 0 Å². The van der Waals surface area contributed by atoms with Gasteiger partial charge in [-0.3, -0.25) is 15.1 Å². The van der Waals surface area contributed by atoms with E-state index >= 15 is 0 Å². The molecule has 0 aromatic heterocycles. The van der Waals surface area contributed by atoms with Crippen LogP contribution in [0.3, 0.4) is 0 Å². The molecule has 0 radical (unpaired) electrons. The lowest BCUT2D eigenvalue weighted by atomic mass is 9.68. The Morgan fingerprint density at radius 3 is 2.27 bits per heavy atom. The molecule has 22 heavy (non-hydrogen) atoms. The van der Waals surface area contributed by atoms with E-state index in [1.807, 2.05) is 66.6 Å². The summed E-state index contributed by atoms with van der Waals surface area (Å²) < 4.78 is 0. The highest BCUT2D eigenvalue weighted by Crippen LogP contribution is 2.50. The third-order valence-corrected chi connectivity index (χ3v) is 4.68. The molecule has 1 fully saturated rings. The molecule has 1 unspecified atom stereocenters. The van der Waals surface area contributed by atoms with Crippen LogP contribution in [0.1, 0.15) is 18.5 Å². The Hall–Kier alpha value is -2.62. The van der Waals surface area contributed by atoms with Gasteiger partial charge in [-0.25, -0.2) is 0 Å². The Labute approximate surface area is 129 Å². The molecule has 1 amide bonds. The van der Waals surface area contributed by atoms with Gasteiger partial charge in [0, 0.05) is 17.8 Å². The fraction of sp³-hybridized carbons (Fsp3) is 0.222. The van der Waals surface area contributed by atoms with Crippen molar-refractivity contribution in [1.29, 1.82) is 0 Å². The Morgan fingerprint density at radius 1 is 1.05 bits per heavy atom. The van der Waals surface area contributed by atoms with Gasteiger partial charge in [-0.05, 0) is 17.7 Å². The van der Waals surface area contributed by atoms with Crippen molar-refractivity contribution in [3.05, 3.63) is 66.2 Å². The molecular weight excluding hydrogens is 274 g/mol. The van der Waals surface area contributed by atoms with Crippen molar-refractivity contribution in [2.45, 2.75) is 18.5 Å². The maximum Gasteiger partial charge on any atom is 0.258 e. The summed E-state index contributed by atoms with van der Waals surface area (Å²) in [6.45, 7) is 2.04. The van der Waals surface area contributed by atoms with Crippen molar-refractivity contribution in [2.24, 2.45) is 11.0 Å². The van der Waals surface area contributed by atoms with E-state index in [0.29, 0.717) is 0 Å². The summed E-state index contributed by atoms with van der Waals surface area (Å²) in [6, 6.07) is 19.9. The summed E-state index contributed by atoms with van der Waals surface area (Å²) in [5.41, 5.74) is 4.49. The van der Waals surface area contributed by atoms with Crippen LogP contribution in [0.5, 0.6) is 0 Å². The van der Waals surface area contributed by atoms with Gasteiger partial charge in [-0.1, -0.05) is 55.5 Å². The molecule has 1 N–H and O–H groups in total. The highest BCUT2D eigenvalue weighted by atomic mass is 16.2. The maximum absolute atomic E-state index is 13.0. The minimum atomic E-state index is -0.656. The molecule has 2 aliphatic rings. The van der Waals surface area contributed by atoms with Crippen molar-refractivity contribution < 1.29 is 4.79 Å². The van der Waals surface area contributed by atoms with E-state index in [1.54, 1.807) is 0 Å². The van der Waals surface area contributed by atoms with Crippen LogP contribution < -0.4 is 10.3 Å². The van der Waals surface area contributed by atoms with Crippen LogP contribution in [-0.4, -0.2) is 17.7 Å². The number of nitrogens with one attached hydrogen (secondary N) is 1. The van der Waals surface area contributed by atoms with Gasteiger partial charge in [-0.15, -0.1) is 0 Å².